The average molecular weight is 401 g/mol. The minimum atomic E-state index is -4.83. The SMILES string of the molecule is NC(CONC(=O)[C@@H]1CC[C@@H]2CN1C(=O)N2OS(=O)(=O)O)c1cccnc1. The van der Waals surface area contributed by atoms with E-state index in [4.69, 9.17) is 15.1 Å². The topological polar surface area (TPSA) is 164 Å². The second-order valence-corrected chi connectivity index (χ2v) is 7.18. The quantitative estimate of drug-likeness (QED) is 0.389. The number of carbonyl (C=O) groups is 2. The minimum Gasteiger partial charge on any atom is -0.322 e. The Bertz CT molecular complexity index is 805. The first-order chi connectivity index (χ1) is 12.8. The molecule has 1 unspecified atom stereocenters. The molecule has 3 rings (SSSR count). The summed E-state index contributed by atoms with van der Waals surface area (Å²) >= 11 is 0. The number of amides is 3. The molecule has 1 aromatic heterocycles. The fraction of sp³-hybridized carbons (Fsp3) is 0.500. The van der Waals surface area contributed by atoms with Crippen LogP contribution in [0.5, 0.6) is 0 Å². The summed E-state index contributed by atoms with van der Waals surface area (Å²) < 4.78 is 34.8. The van der Waals surface area contributed by atoms with Crippen molar-refractivity contribution in [3.8, 4) is 0 Å². The molecule has 13 heteroatoms. The second-order valence-electron chi connectivity index (χ2n) is 6.18. The summed E-state index contributed by atoms with van der Waals surface area (Å²) in [6.45, 7) is 0.0976. The number of fused-ring (bicyclic) bond motifs is 2. The van der Waals surface area contributed by atoms with Crippen LogP contribution in [0.3, 0.4) is 0 Å². The summed E-state index contributed by atoms with van der Waals surface area (Å²) in [4.78, 5) is 34.8. The molecular weight excluding hydrogens is 382 g/mol. The number of nitrogens with zero attached hydrogens (tertiary/aromatic N) is 3. The van der Waals surface area contributed by atoms with E-state index in [9.17, 15) is 18.0 Å². The molecule has 4 N–H and O–H groups in total. The van der Waals surface area contributed by atoms with Gasteiger partial charge in [0.1, 0.15) is 6.04 Å². The number of rotatable bonds is 7. The van der Waals surface area contributed by atoms with E-state index in [1.54, 1.807) is 24.5 Å². The number of hydrogen-bond donors (Lipinski definition) is 3. The number of urea groups is 1. The smallest absolute Gasteiger partial charge is 0.322 e. The van der Waals surface area contributed by atoms with Gasteiger partial charge < -0.3 is 10.6 Å². The second kappa shape index (κ2) is 7.74. The maximum Gasteiger partial charge on any atom is 0.418 e. The zero-order valence-electron chi connectivity index (χ0n) is 14.1. The van der Waals surface area contributed by atoms with Crippen LogP contribution >= 0.6 is 0 Å². The van der Waals surface area contributed by atoms with Gasteiger partial charge >= 0.3 is 16.4 Å². The lowest BCUT2D eigenvalue weighted by Crippen LogP contribution is -2.50. The summed E-state index contributed by atoms with van der Waals surface area (Å²) in [7, 11) is -4.83. The zero-order chi connectivity index (χ0) is 19.6. The summed E-state index contributed by atoms with van der Waals surface area (Å²) in [5, 5.41) is 0.571. The number of nitrogens with one attached hydrogen (secondary N) is 1. The third-order valence-corrected chi connectivity index (χ3v) is 4.70. The molecule has 148 valence electrons. The van der Waals surface area contributed by atoms with E-state index in [0.717, 1.165) is 5.56 Å². The highest BCUT2D eigenvalue weighted by Crippen LogP contribution is 2.30. The highest BCUT2D eigenvalue weighted by molar-refractivity contribution is 7.80. The molecule has 0 aliphatic carbocycles. The van der Waals surface area contributed by atoms with Gasteiger partial charge in [0.15, 0.2) is 0 Å². The fourth-order valence-electron chi connectivity index (χ4n) is 3.07. The standard InChI is InChI=1S/C14H19N5O7S/c15-11(9-2-1-5-16-6-9)8-25-17-13(20)12-4-3-10-7-18(12)14(21)19(10)26-27(22,23)24/h1-2,5-6,10-12H,3-4,7-8,15H2,(H,17,20)(H,22,23,24)/t10-,11?,12+/m1/s1. The van der Waals surface area contributed by atoms with E-state index in [2.05, 4.69) is 14.7 Å². The van der Waals surface area contributed by atoms with Crippen LogP contribution in [-0.4, -0.2) is 65.1 Å². The lowest BCUT2D eigenvalue weighted by Gasteiger charge is -2.29. The van der Waals surface area contributed by atoms with E-state index in [0.29, 0.717) is 11.5 Å². The van der Waals surface area contributed by atoms with Crippen LogP contribution in [0.15, 0.2) is 24.5 Å². The molecule has 2 aliphatic heterocycles. The van der Waals surface area contributed by atoms with Gasteiger partial charge in [-0.3, -0.25) is 19.2 Å². The van der Waals surface area contributed by atoms with Gasteiger partial charge in [0.2, 0.25) is 0 Å². The van der Waals surface area contributed by atoms with Crippen LogP contribution < -0.4 is 11.2 Å². The van der Waals surface area contributed by atoms with Crippen molar-refractivity contribution in [3.05, 3.63) is 30.1 Å². The first-order valence-corrected chi connectivity index (χ1v) is 9.47. The van der Waals surface area contributed by atoms with Crippen molar-refractivity contribution >= 4 is 22.3 Å². The molecular formula is C14H19N5O7S. The molecule has 0 aromatic carbocycles. The van der Waals surface area contributed by atoms with Crippen molar-refractivity contribution in [1.29, 1.82) is 0 Å². The zero-order valence-corrected chi connectivity index (χ0v) is 14.9. The number of hydrogen-bond acceptors (Lipinski definition) is 8. The van der Waals surface area contributed by atoms with Crippen LogP contribution in [0, 0.1) is 0 Å². The molecule has 2 bridgehead atoms. The van der Waals surface area contributed by atoms with Crippen molar-refractivity contribution in [2.75, 3.05) is 13.2 Å². The van der Waals surface area contributed by atoms with Crippen LogP contribution in [0.2, 0.25) is 0 Å². The molecule has 2 fully saturated rings. The Hall–Kier alpha value is -2.32. The van der Waals surface area contributed by atoms with Crippen molar-refractivity contribution in [3.63, 3.8) is 0 Å². The number of aromatic nitrogens is 1. The highest BCUT2D eigenvalue weighted by atomic mass is 32.3. The van der Waals surface area contributed by atoms with E-state index < -0.39 is 40.5 Å². The lowest BCUT2D eigenvalue weighted by molar-refractivity contribution is -0.139. The maximum atomic E-state index is 12.3. The Labute approximate surface area is 155 Å². The maximum absolute atomic E-state index is 12.3. The Morgan fingerprint density at radius 3 is 2.93 bits per heavy atom. The Morgan fingerprint density at radius 1 is 1.48 bits per heavy atom. The van der Waals surface area contributed by atoms with Crippen molar-refractivity contribution < 1.29 is 31.7 Å². The van der Waals surface area contributed by atoms with Crippen LogP contribution in [0.4, 0.5) is 4.79 Å². The van der Waals surface area contributed by atoms with E-state index in [1.807, 2.05) is 0 Å². The van der Waals surface area contributed by atoms with E-state index >= 15 is 0 Å². The molecule has 12 nitrogen and oxygen atoms in total. The third-order valence-electron chi connectivity index (χ3n) is 4.35. The monoisotopic (exact) mass is 401 g/mol. The van der Waals surface area contributed by atoms with E-state index in [-0.39, 0.29) is 19.6 Å². The van der Waals surface area contributed by atoms with Gasteiger partial charge in [-0.1, -0.05) is 6.07 Å². The number of pyridine rings is 1. The van der Waals surface area contributed by atoms with Gasteiger partial charge in [-0.25, -0.2) is 10.3 Å². The normalized spacial score (nSPS) is 23.4. The van der Waals surface area contributed by atoms with Gasteiger partial charge in [0.25, 0.3) is 5.91 Å². The average Bonchev–Trinajstić information content (AvgIpc) is 2.86. The van der Waals surface area contributed by atoms with Gasteiger partial charge in [0, 0.05) is 18.9 Å². The Morgan fingerprint density at radius 2 is 2.26 bits per heavy atom. The van der Waals surface area contributed by atoms with Crippen molar-refractivity contribution in [2.45, 2.75) is 31.0 Å². The Balaban J connectivity index is 1.53. The molecule has 2 aliphatic rings. The van der Waals surface area contributed by atoms with E-state index in [1.165, 1.54) is 4.90 Å². The number of hydroxylamine groups is 3. The van der Waals surface area contributed by atoms with Gasteiger partial charge in [-0.2, -0.15) is 13.5 Å². The predicted octanol–water partition coefficient (Wildman–Crippen LogP) is -0.868. The summed E-state index contributed by atoms with van der Waals surface area (Å²) in [6.07, 6.45) is 3.80. The Kier molecular flexibility index (Phi) is 5.57. The minimum absolute atomic E-state index is 0.00127. The molecule has 3 atom stereocenters. The lowest BCUT2D eigenvalue weighted by atomic mass is 10.0. The number of piperidine rings is 1. The molecule has 1 aromatic rings. The van der Waals surface area contributed by atoms with Gasteiger partial charge in [-0.05, 0) is 24.5 Å². The largest absolute Gasteiger partial charge is 0.418 e. The predicted molar refractivity (Wildman–Crippen MR) is 88.6 cm³/mol. The van der Waals surface area contributed by atoms with Gasteiger partial charge in [0.05, 0.1) is 18.7 Å². The molecule has 2 saturated heterocycles. The van der Waals surface area contributed by atoms with Crippen molar-refractivity contribution in [2.24, 2.45) is 5.73 Å². The molecule has 3 amide bonds. The van der Waals surface area contributed by atoms with Crippen molar-refractivity contribution in [1.82, 2.24) is 20.4 Å². The fourth-order valence-corrected chi connectivity index (χ4v) is 3.45. The van der Waals surface area contributed by atoms with Crippen LogP contribution in [-0.2, 0) is 24.3 Å². The van der Waals surface area contributed by atoms with Gasteiger partial charge in [-0.15, -0.1) is 4.28 Å². The molecule has 27 heavy (non-hydrogen) atoms. The summed E-state index contributed by atoms with van der Waals surface area (Å²) in [5.41, 5.74) is 8.93. The summed E-state index contributed by atoms with van der Waals surface area (Å²) in [6, 6.07) is 0.772. The highest BCUT2D eigenvalue weighted by Gasteiger charge is 2.49. The molecule has 3 heterocycles. The van der Waals surface area contributed by atoms with Crippen LogP contribution in [0.1, 0.15) is 24.4 Å². The molecule has 0 radical (unpaired) electrons. The third kappa shape index (κ3) is 4.51. The first-order valence-electron chi connectivity index (χ1n) is 8.10. The molecule has 0 spiro atoms. The van der Waals surface area contributed by atoms with Crippen LogP contribution in [0.25, 0.3) is 0 Å². The molecule has 0 saturated carbocycles. The number of carbonyl (C=O) groups excluding carboxylic acids is 2. The first kappa shape index (κ1) is 19.4. The number of nitrogens with two attached hydrogens (primary N) is 1. The summed E-state index contributed by atoms with van der Waals surface area (Å²) in [5.74, 6) is -0.561.